The summed E-state index contributed by atoms with van der Waals surface area (Å²) in [5.74, 6) is -0.716. The smallest absolute Gasteiger partial charge is 0.230 e. The van der Waals surface area contributed by atoms with Crippen LogP contribution in [-0.2, 0) is 16.1 Å². The molecule has 0 saturated heterocycles. The number of amides is 1. The lowest BCUT2D eigenvalue weighted by Gasteiger charge is -2.17. The molecule has 0 aliphatic rings. The SMILES string of the molecule is CCOc1ccc(CN(C)C(=O)CC(C)=O)cc1F. The molecule has 5 heteroatoms. The van der Waals surface area contributed by atoms with Gasteiger partial charge in [-0.2, -0.15) is 0 Å². The molecule has 1 amide bonds. The Kier molecular flexibility index (Phi) is 5.48. The van der Waals surface area contributed by atoms with Gasteiger partial charge in [0.05, 0.1) is 13.0 Å². The van der Waals surface area contributed by atoms with E-state index in [-0.39, 0.29) is 30.4 Å². The van der Waals surface area contributed by atoms with Crippen LogP contribution >= 0.6 is 0 Å². The summed E-state index contributed by atoms with van der Waals surface area (Å²) in [7, 11) is 1.58. The summed E-state index contributed by atoms with van der Waals surface area (Å²) in [5.41, 5.74) is 0.653. The van der Waals surface area contributed by atoms with Crippen molar-refractivity contribution in [3.05, 3.63) is 29.6 Å². The Balaban J connectivity index is 2.69. The molecule has 0 atom stereocenters. The number of rotatable bonds is 6. The van der Waals surface area contributed by atoms with Gasteiger partial charge in [-0.1, -0.05) is 6.07 Å². The number of ketones is 1. The van der Waals surface area contributed by atoms with E-state index in [1.165, 1.54) is 24.0 Å². The largest absolute Gasteiger partial charge is 0.491 e. The summed E-state index contributed by atoms with van der Waals surface area (Å²) in [5, 5.41) is 0. The molecule has 0 aliphatic heterocycles. The first-order valence-electron chi connectivity index (χ1n) is 6.08. The van der Waals surface area contributed by atoms with Crippen molar-refractivity contribution in [1.82, 2.24) is 4.90 Å². The van der Waals surface area contributed by atoms with Crippen LogP contribution in [0.1, 0.15) is 25.8 Å². The van der Waals surface area contributed by atoms with E-state index in [9.17, 15) is 14.0 Å². The zero-order valence-corrected chi connectivity index (χ0v) is 11.4. The molecule has 0 saturated carbocycles. The molecule has 0 bridgehead atoms. The number of carbonyl (C=O) groups excluding carboxylic acids is 2. The fourth-order valence-corrected chi connectivity index (χ4v) is 1.63. The molecule has 0 heterocycles. The summed E-state index contributed by atoms with van der Waals surface area (Å²) >= 11 is 0. The van der Waals surface area contributed by atoms with Crippen LogP contribution in [0, 0.1) is 5.82 Å². The maximum atomic E-state index is 13.6. The van der Waals surface area contributed by atoms with Crippen molar-refractivity contribution < 1.29 is 18.7 Å². The van der Waals surface area contributed by atoms with Crippen molar-refractivity contribution in [3.63, 3.8) is 0 Å². The molecular weight excluding hydrogens is 249 g/mol. The van der Waals surface area contributed by atoms with Gasteiger partial charge in [-0.05, 0) is 31.5 Å². The number of carbonyl (C=O) groups is 2. The van der Waals surface area contributed by atoms with Crippen LogP contribution in [0.5, 0.6) is 5.75 Å². The zero-order chi connectivity index (χ0) is 14.4. The minimum atomic E-state index is -0.452. The van der Waals surface area contributed by atoms with Crippen LogP contribution in [0.4, 0.5) is 4.39 Å². The molecule has 1 aromatic rings. The third-order valence-corrected chi connectivity index (χ3v) is 2.54. The quantitative estimate of drug-likeness (QED) is 0.742. The Labute approximate surface area is 112 Å². The summed E-state index contributed by atoms with van der Waals surface area (Å²) in [4.78, 5) is 23.9. The minimum absolute atomic E-state index is 0.129. The number of ether oxygens (including phenoxy) is 1. The lowest BCUT2D eigenvalue weighted by atomic mass is 10.2. The summed E-state index contributed by atoms with van der Waals surface area (Å²) in [6.45, 7) is 3.80. The fourth-order valence-electron chi connectivity index (χ4n) is 1.63. The summed E-state index contributed by atoms with van der Waals surface area (Å²) in [6, 6.07) is 4.58. The molecule has 1 aromatic carbocycles. The van der Waals surface area contributed by atoms with E-state index in [1.54, 1.807) is 20.0 Å². The normalized spacial score (nSPS) is 10.1. The van der Waals surface area contributed by atoms with Crippen molar-refractivity contribution in [3.8, 4) is 5.75 Å². The van der Waals surface area contributed by atoms with E-state index in [0.717, 1.165) is 0 Å². The average molecular weight is 267 g/mol. The van der Waals surface area contributed by atoms with Crippen molar-refractivity contribution in [1.29, 1.82) is 0 Å². The topological polar surface area (TPSA) is 46.6 Å². The molecule has 0 aromatic heterocycles. The highest BCUT2D eigenvalue weighted by Gasteiger charge is 2.12. The van der Waals surface area contributed by atoms with E-state index in [4.69, 9.17) is 4.74 Å². The zero-order valence-electron chi connectivity index (χ0n) is 11.4. The van der Waals surface area contributed by atoms with Gasteiger partial charge in [-0.25, -0.2) is 4.39 Å². The predicted octanol–water partition coefficient (Wildman–Crippen LogP) is 2.16. The molecule has 0 fully saturated rings. The van der Waals surface area contributed by atoms with Gasteiger partial charge < -0.3 is 9.64 Å². The van der Waals surface area contributed by atoms with Gasteiger partial charge >= 0.3 is 0 Å². The second-order valence-electron chi connectivity index (χ2n) is 4.33. The van der Waals surface area contributed by atoms with E-state index >= 15 is 0 Å². The van der Waals surface area contributed by atoms with Gasteiger partial charge in [-0.15, -0.1) is 0 Å². The highest BCUT2D eigenvalue weighted by atomic mass is 19.1. The van der Waals surface area contributed by atoms with E-state index in [2.05, 4.69) is 0 Å². The molecule has 19 heavy (non-hydrogen) atoms. The number of Topliss-reactive ketones (excluding diaryl/α,β-unsaturated/α-hetero) is 1. The lowest BCUT2D eigenvalue weighted by molar-refractivity contribution is -0.134. The van der Waals surface area contributed by atoms with Gasteiger partial charge in [0.1, 0.15) is 5.78 Å². The molecule has 0 spiro atoms. The van der Waals surface area contributed by atoms with Crippen LogP contribution < -0.4 is 4.74 Å². The van der Waals surface area contributed by atoms with Gasteiger partial charge in [0.25, 0.3) is 0 Å². The Morgan fingerprint density at radius 3 is 2.58 bits per heavy atom. The van der Waals surface area contributed by atoms with Gasteiger partial charge in [0, 0.05) is 13.6 Å². The third kappa shape index (κ3) is 4.69. The van der Waals surface area contributed by atoms with E-state index in [1.807, 2.05) is 0 Å². The predicted molar refractivity (Wildman–Crippen MR) is 69.3 cm³/mol. The standard InChI is InChI=1S/C14H18FNO3/c1-4-19-13-6-5-11(8-12(13)15)9-16(3)14(18)7-10(2)17/h5-6,8H,4,7,9H2,1-3H3. The molecular formula is C14H18FNO3. The molecule has 104 valence electrons. The number of nitrogens with zero attached hydrogens (tertiary/aromatic N) is 1. The van der Waals surface area contributed by atoms with Crippen molar-refractivity contribution in [2.45, 2.75) is 26.8 Å². The van der Waals surface area contributed by atoms with E-state index < -0.39 is 5.82 Å². The Bertz CT molecular complexity index is 474. The second-order valence-corrected chi connectivity index (χ2v) is 4.33. The van der Waals surface area contributed by atoms with Gasteiger partial charge in [0.15, 0.2) is 11.6 Å². The van der Waals surface area contributed by atoms with Gasteiger partial charge in [-0.3, -0.25) is 9.59 Å². The lowest BCUT2D eigenvalue weighted by Crippen LogP contribution is -2.27. The highest BCUT2D eigenvalue weighted by Crippen LogP contribution is 2.19. The monoisotopic (exact) mass is 267 g/mol. The fraction of sp³-hybridized carbons (Fsp3) is 0.429. The van der Waals surface area contributed by atoms with Crippen molar-refractivity contribution >= 4 is 11.7 Å². The molecule has 0 unspecified atom stereocenters. The average Bonchev–Trinajstić information content (AvgIpc) is 2.32. The van der Waals surface area contributed by atoms with Crippen LogP contribution in [-0.4, -0.2) is 30.2 Å². The van der Waals surface area contributed by atoms with Crippen LogP contribution in [0.3, 0.4) is 0 Å². The Hall–Kier alpha value is -1.91. The molecule has 0 radical (unpaired) electrons. The Morgan fingerprint density at radius 2 is 2.05 bits per heavy atom. The van der Waals surface area contributed by atoms with Crippen LogP contribution in [0.25, 0.3) is 0 Å². The van der Waals surface area contributed by atoms with Crippen molar-refractivity contribution in [2.24, 2.45) is 0 Å². The highest BCUT2D eigenvalue weighted by molar-refractivity contribution is 5.96. The first kappa shape index (κ1) is 15.1. The summed E-state index contributed by atoms with van der Waals surface area (Å²) < 4.78 is 18.7. The Morgan fingerprint density at radius 1 is 1.37 bits per heavy atom. The number of halogens is 1. The van der Waals surface area contributed by atoms with E-state index in [0.29, 0.717) is 12.2 Å². The third-order valence-electron chi connectivity index (χ3n) is 2.54. The van der Waals surface area contributed by atoms with Crippen molar-refractivity contribution in [2.75, 3.05) is 13.7 Å². The first-order valence-corrected chi connectivity index (χ1v) is 6.08. The maximum absolute atomic E-state index is 13.6. The second kappa shape index (κ2) is 6.87. The summed E-state index contributed by atoms with van der Waals surface area (Å²) in [6.07, 6.45) is -0.129. The maximum Gasteiger partial charge on any atom is 0.230 e. The van der Waals surface area contributed by atoms with Crippen LogP contribution in [0.15, 0.2) is 18.2 Å². The number of benzene rings is 1. The first-order chi connectivity index (χ1) is 8.93. The van der Waals surface area contributed by atoms with Gasteiger partial charge in [0.2, 0.25) is 5.91 Å². The molecule has 0 N–H and O–H groups in total. The minimum Gasteiger partial charge on any atom is -0.491 e. The molecule has 1 rings (SSSR count). The number of hydrogen-bond acceptors (Lipinski definition) is 3. The molecule has 0 aliphatic carbocycles. The van der Waals surface area contributed by atoms with Crippen LogP contribution in [0.2, 0.25) is 0 Å². The number of hydrogen-bond donors (Lipinski definition) is 0. The molecule has 4 nitrogen and oxygen atoms in total.